The fourth-order valence-corrected chi connectivity index (χ4v) is 4.08. The Kier molecular flexibility index (Phi) is 10.3. The fraction of sp³-hybridized carbons (Fsp3) is 0.481. The van der Waals surface area contributed by atoms with Crippen LogP contribution in [0.1, 0.15) is 38.3 Å². The topological polar surface area (TPSA) is 116 Å². The molecule has 0 bridgehead atoms. The van der Waals surface area contributed by atoms with Crippen molar-refractivity contribution < 1.29 is 32.3 Å². The number of benzene rings is 1. The van der Waals surface area contributed by atoms with E-state index in [0.717, 1.165) is 50.5 Å². The number of nitrogens with zero attached hydrogens (tertiary/aromatic N) is 3. The molecule has 2 heterocycles. The highest BCUT2D eigenvalue weighted by molar-refractivity contribution is 6.39. The molecule has 1 aromatic carbocycles. The number of hydrogen-bond acceptors (Lipinski definition) is 7. The molecule has 0 radical (unpaired) electrons. The number of aromatic nitrogens is 1. The van der Waals surface area contributed by atoms with Crippen molar-refractivity contribution in [2.45, 2.75) is 45.5 Å². The lowest BCUT2D eigenvalue weighted by Gasteiger charge is -2.36. The maximum absolute atomic E-state index is 13.4. The maximum atomic E-state index is 13.4. The number of piperazine rings is 1. The lowest BCUT2D eigenvalue weighted by atomic mass is 10.1. The van der Waals surface area contributed by atoms with Crippen molar-refractivity contribution >= 4 is 29.3 Å². The van der Waals surface area contributed by atoms with E-state index in [2.05, 4.69) is 30.7 Å². The van der Waals surface area contributed by atoms with Crippen LogP contribution < -0.4 is 20.9 Å². The molecule has 2 aromatic rings. The summed E-state index contributed by atoms with van der Waals surface area (Å²) in [5, 5.41) is 7.10. The average molecular weight is 565 g/mol. The van der Waals surface area contributed by atoms with E-state index in [1.807, 2.05) is 12.1 Å². The number of ether oxygens (including phenoxy) is 1. The molecule has 13 heteroatoms. The van der Waals surface area contributed by atoms with E-state index < -0.39 is 35.2 Å². The molecule has 0 atom stereocenters. The molecule has 1 aliphatic heterocycles. The van der Waals surface area contributed by atoms with Gasteiger partial charge in [0.05, 0.1) is 5.56 Å². The van der Waals surface area contributed by atoms with E-state index in [1.54, 1.807) is 33.2 Å². The monoisotopic (exact) mass is 564 g/mol. The Morgan fingerprint density at radius 1 is 0.950 bits per heavy atom. The normalized spacial score (nSPS) is 14.4. The number of carbonyl (C=O) groups excluding carboxylic acids is 3. The Hall–Kier alpha value is -3.87. The van der Waals surface area contributed by atoms with Crippen LogP contribution in [0.4, 0.5) is 29.3 Å². The van der Waals surface area contributed by atoms with Crippen LogP contribution in [-0.2, 0) is 27.0 Å². The third-order valence-electron chi connectivity index (χ3n) is 5.96. The molecule has 3 rings (SSSR count). The van der Waals surface area contributed by atoms with Gasteiger partial charge in [-0.2, -0.15) is 13.2 Å². The number of hydrogen-bond donors (Lipinski definition) is 3. The molecule has 0 aliphatic carbocycles. The van der Waals surface area contributed by atoms with E-state index in [-0.39, 0.29) is 24.3 Å². The molecular formula is C27H35F3N6O4. The van der Waals surface area contributed by atoms with Gasteiger partial charge >= 0.3 is 24.1 Å². The van der Waals surface area contributed by atoms with Gasteiger partial charge in [-0.05, 0) is 69.6 Å². The third kappa shape index (κ3) is 10.0. The van der Waals surface area contributed by atoms with Crippen LogP contribution in [0.25, 0.3) is 0 Å². The second-order valence-electron chi connectivity index (χ2n) is 10.4. The van der Waals surface area contributed by atoms with Crippen molar-refractivity contribution in [2.24, 2.45) is 0 Å². The highest BCUT2D eigenvalue weighted by atomic mass is 19.4. The summed E-state index contributed by atoms with van der Waals surface area (Å²) in [5.74, 6) is -2.04. The Labute approximate surface area is 231 Å². The third-order valence-corrected chi connectivity index (χ3v) is 5.96. The van der Waals surface area contributed by atoms with Crippen LogP contribution in [0.5, 0.6) is 0 Å². The van der Waals surface area contributed by atoms with Crippen LogP contribution >= 0.6 is 0 Å². The molecular weight excluding hydrogens is 529 g/mol. The maximum Gasteiger partial charge on any atom is 0.416 e. The number of halogens is 3. The summed E-state index contributed by atoms with van der Waals surface area (Å²) in [6, 6.07) is 6.77. The molecule has 1 aromatic heterocycles. The molecule has 0 unspecified atom stereocenters. The number of rotatable bonds is 8. The molecule has 0 saturated carbocycles. The predicted molar refractivity (Wildman–Crippen MR) is 144 cm³/mol. The van der Waals surface area contributed by atoms with Gasteiger partial charge in [-0.25, -0.2) is 4.79 Å². The first-order valence-electron chi connectivity index (χ1n) is 12.9. The van der Waals surface area contributed by atoms with E-state index in [0.29, 0.717) is 6.42 Å². The minimum atomic E-state index is -4.70. The second-order valence-corrected chi connectivity index (χ2v) is 10.4. The Morgan fingerprint density at radius 3 is 2.25 bits per heavy atom. The van der Waals surface area contributed by atoms with E-state index in [9.17, 15) is 27.6 Å². The summed E-state index contributed by atoms with van der Waals surface area (Å²) >= 11 is 0. The SMILES string of the molecule is CC(C)(C)OC(=O)NCc1cc(NC(=O)C(=O)NCCCN2CCN(c3ccncc3)CC2)cc(C(F)(F)F)c1. The smallest absolute Gasteiger partial charge is 0.416 e. The average Bonchev–Trinajstić information content (AvgIpc) is 2.89. The van der Waals surface area contributed by atoms with E-state index in [1.165, 1.54) is 6.07 Å². The van der Waals surface area contributed by atoms with E-state index in [4.69, 9.17) is 4.74 Å². The van der Waals surface area contributed by atoms with Crippen molar-refractivity contribution in [1.29, 1.82) is 0 Å². The Balaban J connectivity index is 1.46. The van der Waals surface area contributed by atoms with Gasteiger partial charge in [-0.1, -0.05) is 0 Å². The summed E-state index contributed by atoms with van der Waals surface area (Å²) in [5.41, 5.74) is -0.834. The van der Waals surface area contributed by atoms with Crippen molar-refractivity contribution in [3.05, 3.63) is 53.9 Å². The highest BCUT2D eigenvalue weighted by Crippen LogP contribution is 2.32. The van der Waals surface area contributed by atoms with Crippen LogP contribution in [0.15, 0.2) is 42.7 Å². The van der Waals surface area contributed by atoms with Gasteiger partial charge in [0.25, 0.3) is 0 Å². The lowest BCUT2D eigenvalue weighted by Crippen LogP contribution is -2.47. The summed E-state index contributed by atoms with van der Waals surface area (Å²) in [4.78, 5) is 45.1. The van der Waals surface area contributed by atoms with Crippen LogP contribution in [-0.4, -0.2) is 72.7 Å². The second kappa shape index (κ2) is 13.5. The van der Waals surface area contributed by atoms with Crippen molar-refractivity contribution in [1.82, 2.24) is 20.5 Å². The van der Waals surface area contributed by atoms with Crippen LogP contribution in [0.3, 0.4) is 0 Å². The minimum absolute atomic E-state index is 0.0698. The number of anilines is 2. The number of carbonyl (C=O) groups is 3. The fourth-order valence-electron chi connectivity index (χ4n) is 4.08. The van der Waals surface area contributed by atoms with Gasteiger partial charge in [0.15, 0.2) is 0 Å². The molecule has 1 saturated heterocycles. The highest BCUT2D eigenvalue weighted by Gasteiger charge is 2.31. The predicted octanol–water partition coefficient (Wildman–Crippen LogP) is 3.39. The van der Waals surface area contributed by atoms with Gasteiger partial charge < -0.3 is 25.6 Å². The zero-order chi connectivity index (χ0) is 29.3. The Morgan fingerprint density at radius 2 is 1.62 bits per heavy atom. The standard InChI is InChI=1S/C27H35F3N6O4/c1-26(2,3)40-25(39)33-18-19-15-20(27(28,29)30)17-21(16-19)34-24(38)23(37)32-7-4-10-35-11-13-36(14-12-35)22-5-8-31-9-6-22/h5-6,8-9,15-17H,4,7,10-14,18H2,1-3H3,(H,32,37)(H,33,39)(H,34,38). The lowest BCUT2D eigenvalue weighted by molar-refractivity contribution is -0.137. The summed E-state index contributed by atoms with van der Waals surface area (Å²) in [6.07, 6.45) is -1.37. The van der Waals surface area contributed by atoms with Gasteiger partial charge in [0, 0.05) is 63.0 Å². The van der Waals surface area contributed by atoms with E-state index >= 15 is 0 Å². The number of pyridine rings is 1. The molecule has 218 valence electrons. The number of nitrogens with one attached hydrogen (secondary N) is 3. The van der Waals surface area contributed by atoms with Gasteiger partial charge in [0.1, 0.15) is 5.60 Å². The zero-order valence-corrected chi connectivity index (χ0v) is 22.8. The van der Waals surface area contributed by atoms with Gasteiger partial charge in [0.2, 0.25) is 0 Å². The molecule has 40 heavy (non-hydrogen) atoms. The quantitative estimate of drug-likeness (QED) is 0.333. The minimum Gasteiger partial charge on any atom is -0.444 e. The molecule has 1 fully saturated rings. The summed E-state index contributed by atoms with van der Waals surface area (Å²) in [7, 11) is 0. The van der Waals surface area contributed by atoms with Crippen LogP contribution in [0.2, 0.25) is 0 Å². The Bertz CT molecular complexity index is 1160. The summed E-state index contributed by atoms with van der Waals surface area (Å²) < 4.78 is 45.3. The van der Waals surface area contributed by atoms with Gasteiger partial charge in [-0.3, -0.25) is 19.5 Å². The largest absolute Gasteiger partial charge is 0.444 e. The summed E-state index contributed by atoms with van der Waals surface area (Å²) in [6.45, 7) is 9.11. The molecule has 10 nitrogen and oxygen atoms in total. The number of alkyl halides is 3. The number of alkyl carbamates (subject to hydrolysis) is 1. The molecule has 3 amide bonds. The van der Waals surface area contributed by atoms with Crippen molar-refractivity contribution in [3.63, 3.8) is 0 Å². The first-order valence-corrected chi connectivity index (χ1v) is 12.9. The van der Waals surface area contributed by atoms with Gasteiger partial charge in [-0.15, -0.1) is 0 Å². The first-order chi connectivity index (χ1) is 18.8. The zero-order valence-electron chi connectivity index (χ0n) is 22.8. The van der Waals surface area contributed by atoms with Crippen LogP contribution in [0, 0.1) is 0 Å². The van der Waals surface area contributed by atoms with Crippen molar-refractivity contribution in [3.8, 4) is 0 Å². The van der Waals surface area contributed by atoms with Crippen molar-refractivity contribution in [2.75, 3.05) is 49.5 Å². The number of amides is 3. The molecule has 3 N–H and O–H groups in total. The first kappa shape index (κ1) is 30.7. The molecule has 0 spiro atoms. The molecule has 1 aliphatic rings.